The molecule has 9 nitrogen and oxygen atoms in total. The van der Waals surface area contributed by atoms with Gasteiger partial charge >= 0.3 is 6.18 Å². The van der Waals surface area contributed by atoms with Crippen LogP contribution in [0.2, 0.25) is 0 Å². The van der Waals surface area contributed by atoms with E-state index in [1.807, 2.05) is 9.30 Å². The summed E-state index contributed by atoms with van der Waals surface area (Å²) in [7, 11) is -3.68. The van der Waals surface area contributed by atoms with Crippen molar-refractivity contribution in [3.05, 3.63) is 66.4 Å². The van der Waals surface area contributed by atoms with Crippen LogP contribution in [0.3, 0.4) is 0 Å². The minimum Gasteiger partial charge on any atom is -0.351 e. The van der Waals surface area contributed by atoms with Crippen LogP contribution in [-0.4, -0.2) is 52.1 Å². The average molecular weight is 536 g/mol. The van der Waals surface area contributed by atoms with Gasteiger partial charge in [0.15, 0.2) is 15.5 Å². The molecule has 5 rings (SSSR count). The molecule has 14 heteroatoms. The fraction of sp³-hybridized carbons (Fsp3) is 0.304. The van der Waals surface area contributed by atoms with E-state index in [0.29, 0.717) is 43.0 Å². The van der Waals surface area contributed by atoms with E-state index in [1.165, 1.54) is 12.1 Å². The summed E-state index contributed by atoms with van der Waals surface area (Å²) in [6, 6.07) is 3.76. The van der Waals surface area contributed by atoms with Gasteiger partial charge in [-0.3, -0.25) is 4.40 Å². The number of piperidine rings is 1. The first-order valence-electron chi connectivity index (χ1n) is 11.2. The summed E-state index contributed by atoms with van der Waals surface area (Å²) < 4.78 is 77.8. The van der Waals surface area contributed by atoms with E-state index < -0.39 is 27.4 Å². The zero-order valence-electron chi connectivity index (χ0n) is 19.4. The summed E-state index contributed by atoms with van der Waals surface area (Å²) in [6.45, 7) is 1.11. The van der Waals surface area contributed by atoms with E-state index in [9.17, 15) is 26.0 Å². The van der Waals surface area contributed by atoms with Gasteiger partial charge in [-0.15, -0.1) is 0 Å². The highest BCUT2D eigenvalue weighted by atomic mass is 32.2. The molecule has 4 heterocycles. The van der Waals surface area contributed by atoms with E-state index >= 15 is 0 Å². The maximum absolute atomic E-state index is 14.3. The summed E-state index contributed by atoms with van der Waals surface area (Å²) in [4.78, 5) is 18.0. The summed E-state index contributed by atoms with van der Waals surface area (Å²) in [5.41, 5.74) is 1.44. The van der Waals surface area contributed by atoms with Crippen LogP contribution in [0, 0.1) is 5.82 Å². The molecule has 1 fully saturated rings. The number of anilines is 3. The number of nitrogens with one attached hydrogen (secondary N) is 1. The number of rotatable bonds is 5. The minimum atomic E-state index is -4.48. The summed E-state index contributed by atoms with van der Waals surface area (Å²) >= 11 is 0. The van der Waals surface area contributed by atoms with Gasteiger partial charge in [0, 0.05) is 55.2 Å². The maximum atomic E-state index is 14.3. The fourth-order valence-electron chi connectivity index (χ4n) is 4.36. The Morgan fingerprint density at radius 1 is 1.03 bits per heavy atom. The Kier molecular flexibility index (Phi) is 6.22. The highest BCUT2D eigenvalue weighted by Crippen LogP contribution is 2.33. The lowest BCUT2D eigenvalue weighted by molar-refractivity contribution is -0.138. The van der Waals surface area contributed by atoms with Crippen molar-refractivity contribution in [1.82, 2.24) is 24.3 Å². The molecule has 194 valence electrons. The second-order valence-electron chi connectivity index (χ2n) is 8.76. The van der Waals surface area contributed by atoms with Crippen molar-refractivity contribution >= 4 is 32.8 Å². The number of hydrogen-bond acceptors (Lipinski definition) is 8. The lowest BCUT2D eigenvalue weighted by Crippen LogP contribution is -2.34. The van der Waals surface area contributed by atoms with E-state index in [2.05, 4.69) is 25.3 Å². The second kappa shape index (κ2) is 9.25. The van der Waals surface area contributed by atoms with E-state index in [-0.39, 0.29) is 16.8 Å². The van der Waals surface area contributed by atoms with Gasteiger partial charge in [0.1, 0.15) is 22.7 Å². The Morgan fingerprint density at radius 2 is 1.73 bits per heavy atom. The van der Waals surface area contributed by atoms with E-state index in [0.717, 1.165) is 30.4 Å². The molecule has 3 aromatic heterocycles. The molecule has 0 amide bonds. The molecule has 0 radical (unpaired) electrons. The minimum absolute atomic E-state index is 0.115. The normalized spacial score (nSPS) is 15.3. The van der Waals surface area contributed by atoms with Crippen molar-refractivity contribution in [3.63, 3.8) is 0 Å². The van der Waals surface area contributed by atoms with Crippen LogP contribution in [0.25, 0.3) is 5.65 Å². The standard InChI is InChI=1S/C23H21F4N7O2S/c1-37(35,36)20-3-2-16(8-17(20)24)32-18-11-28-13-34-19(12-29-21(18)34)14-4-6-33(7-5-14)22-30-9-15(10-31-22)23(25,26)27/h2-3,8-14,32H,4-7H2,1H3. The molecule has 0 aliphatic carbocycles. The smallest absolute Gasteiger partial charge is 0.351 e. The quantitative estimate of drug-likeness (QED) is 0.379. The molecule has 0 spiro atoms. The Labute approximate surface area is 209 Å². The number of aromatic nitrogens is 5. The van der Waals surface area contributed by atoms with E-state index in [1.54, 1.807) is 18.7 Å². The van der Waals surface area contributed by atoms with Gasteiger partial charge in [0.2, 0.25) is 5.95 Å². The van der Waals surface area contributed by atoms with Gasteiger partial charge in [-0.1, -0.05) is 0 Å². The average Bonchev–Trinajstić information content (AvgIpc) is 3.28. The van der Waals surface area contributed by atoms with Crippen molar-refractivity contribution in [2.45, 2.75) is 29.8 Å². The van der Waals surface area contributed by atoms with Crippen LogP contribution >= 0.6 is 0 Å². The lowest BCUT2D eigenvalue weighted by Gasteiger charge is -2.31. The monoisotopic (exact) mass is 535 g/mol. The third-order valence-electron chi connectivity index (χ3n) is 6.22. The van der Waals surface area contributed by atoms with Crippen molar-refractivity contribution < 1.29 is 26.0 Å². The van der Waals surface area contributed by atoms with Crippen LogP contribution in [0.4, 0.5) is 34.9 Å². The van der Waals surface area contributed by atoms with E-state index in [4.69, 9.17) is 0 Å². The predicted octanol–water partition coefficient (Wildman–Crippen LogP) is 4.21. The Balaban J connectivity index is 1.31. The molecule has 1 aliphatic heterocycles. The number of alkyl halides is 3. The largest absolute Gasteiger partial charge is 0.419 e. The van der Waals surface area contributed by atoms with Gasteiger partial charge in [-0.05, 0) is 31.0 Å². The first kappa shape index (κ1) is 24.9. The topological polar surface area (TPSA) is 105 Å². The van der Waals surface area contributed by atoms with Gasteiger partial charge in [-0.25, -0.2) is 32.7 Å². The van der Waals surface area contributed by atoms with Crippen LogP contribution < -0.4 is 10.2 Å². The van der Waals surface area contributed by atoms with Gasteiger partial charge < -0.3 is 10.2 Å². The highest BCUT2D eigenvalue weighted by Gasteiger charge is 2.32. The summed E-state index contributed by atoms with van der Waals surface area (Å²) in [5.74, 6) is -0.490. The van der Waals surface area contributed by atoms with Crippen molar-refractivity contribution in [2.75, 3.05) is 29.6 Å². The molecule has 0 bridgehead atoms. The van der Waals surface area contributed by atoms with Gasteiger partial charge in [0.25, 0.3) is 0 Å². The molecule has 37 heavy (non-hydrogen) atoms. The zero-order chi connectivity index (χ0) is 26.4. The Bertz CT molecular complexity index is 1550. The van der Waals surface area contributed by atoms with Gasteiger partial charge in [-0.2, -0.15) is 13.2 Å². The second-order valence-corrected chi connectivity index (χ2v) is 10.7. The van der Waals surface area contributed by atoms with Crippen molar-refractivity contribution in [2.24, 2.45) is 0 Å². The number of fused-ring (bicyclic) bond motifs is 1. The molecule has 1 N–H and O–H groups in total. The molecule has 0 atom stereocenters. The number of benzene rings is 1. The number of sulfone groups is 1. The van der Waals surface area contributed by atoms with Crippen LogP contribution in [0.15, 0.2) is 54.2 Å². The lowest BCUT2D eigenvalue weighted by atomic mass is 9.94. The Hall–Kier alpha value is -3.81. The van der Waals surface area contributed by atoms with Crippen LogP contribution in [0.5, 0.6) is 0 Å². The summed E-state index contributed by atoms with van der Waals surface area (Å²) in [5, 5.41) is 3.04. The van der Waals surface area contributed by atoms with Crippen LogP contribution in [0.1, 0.15) is 30.0 Å². The number of hydrogen-bond donors (Lipinski definition) is 1. The number of nitrogens with zero attached hydrogens (tertiary/aromatic N) is 6. The van der Waals surface area contributed by atoms with Crippen molar-refractivity contribution in [1.29, 1.82) is 0 Å². The molecule has 4 aromatic rings. The maximum Gasteiger partial charge on any atom is 0.419 e. The first-order chi connectivity index (χ1) is 17.5. The third kappa shape index (κ3) is 5.05. The number of halogens is 4. The molecular weight excluding hydrogens is 514 g/mol. The predicted molar refractivity (Wildman–Crippen MR) is 127 cm³/mol. The molecule has 0 saturated carbocycles. The number of imidazole rings is 1. The first-order valence-corrected chi connectivity index (χ1v) is 13.1. The molecule has 1 aliphatic rings. The fourth-order valence-corrected chi connectivity index (χ4v) is 5.09. The van der Waals surface area contributed by atoms with Gasteiger partial charge in [0.05, 0.1) is 11.8 Å². The zero-order valence-corrected chi connectivity index (χ0v) is 20.3. The molecular formula is C23H21F4N7O2S. The van der Waals surface area contributed by atoms with Crippen molar-refractivity contribution in [3.8, 4) is 0 Å². The molecule has 1 saturated heterocycles. The SMILES string of the molecule is CS(=O)(=O)c1ccc(Nc2cncn3c(C4CCN(c5ncc(C(F)(F)F)cn5)CC4)cnc23)cc1F. The molecule has 0 unspecified atom stereocenters. The van der Waals surface area contributed by atoms with Crippen LogP contribution in [-0.2, 0) is 16.0 Å². The Morgan fingerprint density at radius 3 is 2.35 bits per heavy atom. The highest BCUT2D eigenvalue weighted by molar-refractivity contribution is 7.90. The molecule has 1 aromatic carbocycles. The third-order valence-corrected chi connectivity index (χ3v) is 7.35. The summed E-state index contributed by atoms with van der Waals surface area (Å²) in [6.07, 6.45) is 4.35.